The fourth-order valence-corrected chi connectivity index (χ4v) is 6.20. The predicted molar refractivity (Wildman–Crippen MR) is 215 cm³/mol. The molecule has 0 radical (unpaired) electrons. The normalized spacial score (nSPS) is 13.2. The molecule has 0 unspecified atom stereocenters. The van der Waals surface area contributed by atoms with Crippen LogP contribution < -0.4 is 113 Å². The number of aldehydes is 2. The third-order valence-corrected chi connectivity index (χ3v) is 8.95. The van der Waals surface area contributed by atoms with Gasteiger partial charge in [0, 0.05) is 52.3 Å². The number of hydrogen-bond acceptors (Lipinski definition) is 13. The van der Waals surface area contributed by atoms with E-state index in [1.54, 1.807) is 19.1 Å². The maximum absolute atomic E-state index is 11.2. The first-order chi connectivity index (χ1) is 27.9. The van der Waals surface area contributed by atoms with E-state index in [2.05, 4.69) is 79.4 Å². The van der Waals surface area contributed by atoms with Crippen molar-refractivity contribution in [1.82, 2.24) is 29.5 Å². The minimum absolute atomic E-state index is 0. The van der Waals surface area contributed by atoms with Crippen LogP contribution in [0.1, 0.15) is 99.2 Å². The Balaban J connectivity index is 0. The van der Waals surface area contributed by atoms with E-state index in [-0.39, 0.29) is 128 Å². The molecule has 4 aromatic heterocycles. The molecule has 0 saturated carbocycles. The smallest absolute Gasteiger partial charge is 1.00 e. The molecule has 59 heavy (non-hydrogen) atoms. The maximum Gasteiger partial charge on any atom is 1.00 e. The first-order valence-electron chi connectivity index (χ1n) is 18.6. The maximum atomic E-state index is 11.2. The summed E-state index contributed by atoms with van der Waals surface area (Å²) in [4.78, 5) is 40.6. The van der Waals surface area contributed by atoms with Crippen molar-refractivity contribution in [3.63, 3.8) is 0 Å². The molecule has 1 N–H and O–H groups in total. The first kappa shape index (κ1) is 55.2. The molecule has 2 aliphatic heterocycles. The second kappa shape index (κ2) is 31.9. The molecule has 0 spiro atoms. The van der Waals surface area contributed by atoms with Gasteiger partial charge in [-0.3, -0.25) is 28.1 Å². The van der Waals surface area contributed by atoms with Gasteiger partial charge in [0.1, 0.15) is 29.5 Å². The van der Waals surface area contributed by atoms with Gasteiger partial charge in [-0.05, 0) is 102 Å². The molecular formula is C40H52BrFK2N6O9. The summed E-state index contributed by atoms with van der Waals surface area (Å²) < 4.78 is 36.7. The SMILES string of the molecule is CC(C)n1nccc1C1=C(CBr)CCOC1.Cc1ccc(O)c(C=O)n1.Cc1ccc(OCC2=C(c3ccnn3C(C)C)COCC2)c(C=O)n1.O=CO[O-].[2H]CF.[H-].[K+].[K+]. The molecule has 6 heterocycles. The molecule has 0 saturated heterocycles. The number of carbonyl (C=O) groups excluding carboxylic acids is 3. The summed E-state index contributed by atoms with van der Waals surface area (Å²) in [6.45, 7) is 15.1. The minimum atomic E-state index is -1.00. The second-order valence-corrected chi connectivity index (χ2v) is 13.4. The quantitative estimate of drug-likeness (QED) is 0.0712. The first-order valence-corrected chi connectivity index (χ1v) is 19.0. The fraction of sp³-hybridized carbons (Fsp3) is 0.425. The molecule has 4 aromatic rings. The van der Waals surface area contributed by atoms with E-state index in [1.807, 2.05) is 36.1 Å². The van der Waals surface area contributed by atoms with Crippen molar-refractivity contribution in [3.8, 4) is 11.5 Å². The number of pyridine rings is 2. The molecule has 19 heteroatoms. The van der Waals surface area contributed by atoms with Gasteiger partial charge in [-0.2, -0.15) is 10.2 Å². The minimum Gasteiger partial charge on any atom is -1.00 e. The van der Waals surface area contributed by atoms with E-state index < -0.39 is 7.15 Å². The number of aryl methyl sites for hydroxylation is 2. The molecular weight excluding hydrogens is 886 g/mol. The van der Waals surface area contributed by atoms with Gasteiger partial charge in [-0.15, -0.1) is 0 Å². The number of rotatable bonds is 11. The van der Waals surface area contributed by atoms with Gasteiger partial charge < -0.3 is 30.9 Å². The summed E-state index contributed by atoms with van der Waals surface area (Å²) in [5.74, 6) is 0.442. The van der Waals surface area contributed by atoms with Gasteiger partial charge in [0.15, 0.2) is 12.6 Å². The number of halogens is 2. The molecule has 6 rings (SSSR count). The van der Waals surface area contributed by atoms with Crippen molar-refractivity contribution in [1.29, 1.82) is 0 Å². The van der Waals surface area contributed by atoms with Crippen molar-refractivity contribution in [2.75, 3.05) is 45.5 Å². The summed E-state index contributed by atoms with van der Waals surface area (Å²) >= 11 is 3.56. The van der Waals surface area contributed by atoms with Crippen LogP contribution in [0.5, 0.6) is 11.5 Å². The van der Waals surface area contributed by atoms with E-state index in [4.69, 9.17) is 30.7 Å². The van der Waals surface area contributed by atoms with Crippen LogP contribution in [0, 0.1) is 13.8 Å². The molecule has 2 aliphatic rings. The topological polar surface area (TPSA) is 193 Å². The molecule has 0 aromatic carbocycles. The third-order valence-electron chi connectivity index (χ3n) is 8.27. The Morgan fingerprint density at radius 3 is 1.76 bits per heavy atom. The van der Waals surface area contributed by atoms with Crippen LogP contribution in [0.15, 0.2) is 59.9 Å². The Kier molecular flexibility index (Phi) is 29.9. The number of aromatic hydroxyl groups is 1. The van der Waals surface area contributed by atoms with Crippen LogP contribution in [0.25, 0.3) is 11.1 Å². The predicted octanol–water partition coefficient (Wildman–Crippen LogP) is 0.315. The van der Waals surface area contributed by atoms with Gasteiger partial charge in [-0.25, -0.2) is 9.97 Å². The van der Waals surface area contributed by atoms with Gasteiger partial charge in [0.05, 0.1) is 46.3 Å². The average Bonchev–Trinajstić information content (AvgIpc) is 3.94. The van der Waals surface area contributed by atoms with Crippen molar-refractivity contribution in [2.24, 2.45) is 0 Å². The van der Waals surface area contributed by atoms with E-state index in [9.17, 15) is 14.0 Å². The Morgan fingerprint density at radius 2 is 1.32 bits per heavy atom. The molecule has 0 aliphatic carbocycles. The second-order valence-electron chi connectivity index (χ2n) is 12.8. The molecule has 0 bridgehead atoms. The Bertz CT molecular complexity index is 1970. The molecule has 0 atom stereocenters. The Hall–Kier alpha value is -1.83. The number of carbonyl (C=O) groups is 3. The van der Waals surface area contributed by atoms with Crippen molar-refractivity contribution in [3.05, 3.63) is 94.1 Å². The van der Waals surface area contributed by atoms with E-state index >= 15 is 0 Å². The van der Waals surface area contributed by atoms with Gasteiger partial charge in [0.2, 0.25) is 0 Å². The number of hydrogen-bond donors (Lipinski definition) is 1. The molecule has 15 nitrogen and oxygen atoms in total. The van der Waals surface area contributed by atoms with Gasteiger partial charge >= 0.3 is 103 Å². The number of aromatic nitrogens is 6. The van der Waals surface area contributed by atoms with Crippen LogP contribution in [-0.2, 0) is 19.2 Å². The summed E-state index contributed by atoms with van der Waals surface area (Å²) in [6, 6.07) is 11.5. The Labute approximate surface area is 441 Å². The van der Waals surface area contributed by atoms with Crippen LogP contribution >= 0.6 is 15.9 Å². The summed E-state index contributed by atoms with van der Waals surface area (Å²) in [7, 11) is -1.00. The van der Waals surface area contributed by atoms with Crippen molar-refractivity contribution in [2.45, 2.75) is 66.5 Å². The number of ether oxygens (including phenoxy) is 3. The van der Waals surface area contributed by atoms with Crippen LogP contribution in [0.3, 0.4) is 0 Å². The zero-order valence-electron chi connectivity index (χ0n) is 37.0. The largest absolute Gasteiger partial charge is 1.00 e. The molecule has 0 fully saturated rings. The van der Waals surface area contributed by atoms with E-state index in [0.29, 0.717) is 50.2 Å². The summed E-state index contributed by atoms with van der Waals surface area (Å²) in [6.07, 6.45) is 6.75. The third kappa shape index (κ3) is 18.6. The summed E-state index contributed by atoms with van der Waals surface area (Å²) in [5.41, 5.74) is 9.23. The van der Waals surface area contributed by atoms with Gasteiger partial charge in [0.25, 0.3) is 6.47 Å². The van der Waals surface area contributed by atoms with Crippen LogP contribution in [0.4, 0.5) is 4.39 Å². The van der Waals surface area contributed by atoms with Crippen molar-refractivity contribution < 1.29 is 154 Å². The van der Waals surface area contributed by atoms with Crippen LogP contribution in [0.2, 0.25) is 0 Å². The zero-order chi connectivity index (χ0) is 43.0. The molecule has 312 valence electrons. The van der Waals surface area contributed by atoms with Gasteiger partial charge in [-0.1, -0.05) is 15.9 Å². The number of alkyl halides is 2. The Morgan fingerprint density at radius 1 is 0.864 bits per heavy atom. The average molecular weight is 939 g/mol. The monoisotopic (exact) mass is 937 g/mol. The van der Waals surface area contributed by atoms with E-state index in [0.717, 1.165) is 53.7 Å². The molecule has 0 amide bonds. The van der Waals surface area contributed by atoms with E-state index in [1.165, 1.54) is 28.5 Å². The fourth-order valence-electron chi connectivity index (χ4n) is 5.58. The van der Waals surface area contributed by atoms with Crippen LogP contribution in [-0.4, -0.2) is 99.2 Å². The van der Waals surface area contributed by atoms with Crippen molar-refractivity contribution >= 4 is 46.1 Å². The summed E-state index contributed by atoms with van der Waals surface area (Å²) in [5, 5.41) is 27.1. The zero-order valence-corrected chi connectivity index (χ0v) is 42.9. The number of nitrogens with zero attached hydrogens (tertiary/aromatic N) is 6. The standard InChI is InChI=1S/C19H23N3O3.C12H17BrN2O.C7H7NO2.CH3F.CH2O3.2K.H/c1-13(2)22-18(6-8-20-22)16-12-24-9-7-15(16)11-25-19-5-4-14(3)21-17(19)10-23;1-9(2)15-12(3-5-14-15)11-8-16-6-4-10(11)7-13;1-5-2-3-7(10)6(4-9)8-5;1-2;2-1-4-3;;;/h4-6,8,10,13H,7,9,11-12H2,1-3H3;3,5,9H,4,6-8H2,1-2H3;2-4,10H,1H3;1H3;1,3H;;;/q;;;;;2*+1;-1/p-1/i;;;1D;;;;.